The molecule has 1 aromatic rings. The average Bonchev–Trinajstić information content (AvgIpc) is 3.06. The quantitative estimate of drug-likeness (QED) is 0.777. The van der Waals surface area contributed by atoms with Gasteiger partial charge in [0.15, 0.2) is 0 Å². The third-order valence-electron chi connectivity index (χ3n) is 3.54. The largest absolute Gasteiger partial charge is 0.380 e. The number of rotatable bonds is 5. The number of halogens is 1. The predicted molar refractivity (Wildman–Crippen MR) is 73.8 cm³/mol. The Labute approximate surface area is 119 Å². The molecule has 0 aromatic carbocycles. The van der Waals surface area contributed by atoms with Crippen molar-refractivity contribution in [3.63, 3.8) is 0 Å². The summed E-state index contributed by atoms with van der Waals surface area (Å²) in [5.41, 5.74) is 0.818. The van der Waals surface area contributed by atoms with E-state index in [1.165, 1.54) is 4.31 Å². The number of alkyl halides is 1. The molecule has 1 aliphatic rings. The highest BCUT2D eigenvalue weighted by Crippen LogP contribution is 2.23. The first-order valence-corrected chi connectivity index (χ1v) is 8.29. The van der Waals surface area contributed by atoms with Crippen LogP contribution in [-0.4, -0.2) is 43.6 Å². The van der Waals surface area contributed by atoms with Crippen molar-refractivity contribution in [2.45, 2.75) is 36.7 Å². The van der Waals surface area contributed by atoms with Crippen molar-refractivity contribution >= 4 is 21.6 Å². The topological polar surface area (TPSA) is 51.5 Å². The van der Waals surface area contributed by atoms with Gasteiger partial charge in [0.1, 0.15) is 4.90 Å². The monoisotopic (exact) mass is 306 g/mol. The Balaban J connectivity index is 2.30. The number of nitrogens with zero attached hydrogens (tertiary/aromatic N) is 2. The molecule has 1 unspecified atom stereocenters. The van der Waals surface area contributed by atoms with E-state index >= 15 is 0 Å². The molecule has 1 aliphatic heterocycles. The smallest absolute Gasteiger partial charge is 0.244 e. The lowest BCUT2D eigenvalue weighted by Gasteiger charge is -2.21. The van der Waals surface area contributed by atoms with Crippen LogP contribution in [0.3, 0.4) is 0 Å². The number of likely N-dealkylation sites (N-methyl/N-ethyl adjacent to an activating group) is 1. The van der Waals surface area contributed by atoms with Crippen LogP contribution in [0.5, 0.6) is 0 Å². The van der Waals surface area contributed by atoms with Crippen molar-refractivity contribution in [3.05, 3.63) is 18.0 Å². The molecule has 7 heteroatoms. The minimum absolute atomic E-state index is 0.0746. The summed E-state index contributed by atoms with van der Waals surface area (Å²) >= 11 is 5.83. The lowest BCUT2D eigenvalue weighted by atomic mass is 10.3. The van der Waals surface area contributed by atoms with Crippen LogP contribution < -0.4 is 0 Å². The molecule has 0 spiro atoms. The minimum atomic E-state index is -3.47. The van der Waals surface area contributed by atoms with Crippen molar-refractivity contribution in [2.75, 3.05) is 20.3 Å². The molecule has 108 valence electrons. The van der Waals surface area contributed by atoms with Crippen molar-refractivity contribution in [3.8, 4) is 0 Å². The van der Waals surface area contributed by atoms with E-state index in [1.54, 1.807) is 19.3 Å². The molecule has 0 bridgehead atoms. The van der Waals surface area contributed by atoms with Gasteiger partial charge in [0.05, 0.1) is 18.5 Å². The van der Waals surface area contributed by atoms with E-state index in [-0.39, 0.29) is 6.04 Å². The first-order valence-electron chi connectivity index (χ1n) is 6.31. The van der Waals surface area contributed by atoms with E-state index in [2.05, 4.69) is 0 Å². The van der Waals surface area contributed by atoms with E-state index < -0.39 is 10.0 Å². The van der Waals surface area contributed by atoms with Crippen LogP contribution >= 0.6 is 11.6 Å². The highest BCUT2D eigenvalue weighted by molar-refractivity contribution is 7.89. The standard InChI is InChI=1S/C12H19ClN2O3S/c1-3-15-8-12(6-11(15)7-13)19(16,17)14(2)10-4-5-18-9-10/h6,8,10H,3-5,7,9H2,1-2H3. The van der Waals surface area contributed by atoms with Crippen LogP contribution in [0.25, 0.3) is 0 Å². The molecule has 1 saturated heterocycles. The maximum absolute atomic E-state index is 12.5. The van der Waals surface area contributed by atoms with Gasteiger partial charge in [-0.05, 0) is 19.4 Å². The van der Waals surface area contributed by atoms with Gasteiger partial charge < -0.3 is 9.30 Å². The van der Waals surface area contributed by atoms with Gasteiger partial charge >= 0.3 is 0 Å². The summed E-state index contributed by atoms with van der Waals surface area (Å²) in [5, 5.41) is 0. The number of hydrogen-bond donors (Lipinski definition) is 0. The minimum Gasteiger partial charge on any atom is -0.380 e. The molecule has 1 aromatic heterocycles. The maximum Gasteiger partial charge on any atom is 0.244 e. The number of sulfonamides is 1. The van der Waals surface area contributed by atoms with Crippen LogP contribution in [-0.2, 0) is 27.2 Å². The molecular formula is C12H19ClN2O3S. The van der Waals surface area contributed by atoms with Gasteiger partial charge in [-0.3, -0.25) is 0 Å². The van der Waals surface area contributed by atoms with E-state index in [1.807, 2.05) is 11.5 Å². The fourth-order valence-electron chi connectivity index (χ4n) is 2.24. The molecular weight excluding hydrogens is 288 g/mol. The summed E-state index contributed by atoms with van der Waals surface area (Å²) in [6.45, 7) is 3.74. The normalized spacial score (nSPS) is 20.3. The Morgan fingerprint density at radius 1 is 1.58 bits per heavy atom. The second-order valence-corrected chi connectivity index (χ2v) is 6.89. The second-order valence-electron chi connectivity index (χ2n) is 4.63. The highest BCUT2D eigenvalue weighted by atomic mass is 35.5. The number of hydrogen-bond acceptors (Lipinski definition) is 3. The summed E-state index contributed by atoms with van der Waals surface area (Å²) in [6.07, 6.45) is 2.39. The van der Waals surface area contributed by atoms with Crippen LogP contribution in [0.15, 0.2) is 17.2 Å². The molecule has 5 nitrogen and oxygen atoms in total. The maximum atomic E-state index is 12.5. The Kier molecular flexibility index (Phi) is 4.55. The molecule has 0 aliphatic carbocycles. The summed E-state index contributed by atoms with van der Waals surface area (Å²) in [7, 11) is -1.86. The molecule has 2 rings (SSSR count). The average molecular weight is 307 g/mol. The van der Waals surface area contributed by atoms with Gasteiger partial charge in [0.2, 0.25) is 10.0 Å². The zero-order valence-corrected chi connectivity index (χ0v) is 12.7. The second kappa shape index (κ2) is 5.83. The van der Waals surface area contributed by atoms with Crippen molar-refractivity contribution < 1.29 is 13.2 Å². The van der Waals surface area contributed by atoms with E-state index in [4.69, 9.17) is 16.3 Å². The number of aromatic nitrogens is 1. The predicted octanol–water partition coefficient (Wildman–Crippen LogP) is 1.66. The number of aryl methyl sites for hydroxylation is 1. The first-order chi connectivity index (χ1) is 9.00. The summed E-state index contributed by atoms with van der Waals surface area (Å²) < 4.78 is 33.6. The molecule has 0 amide bonds. The molecule has 1 fully saturated rings. The lowest BCUT2D eigenvalue weighted by Crippen LogP contribution is -2.37. The first kappa shape index (κ1) is 14.8. The fourth-order valence-corrected chi connectivity index (χ4v) is 3.91. The van der Waals surface area contributed by atoms with E-state index in [9.17, 15) is 8.42 Å². The zero-order valence-electron chi connectivity index (χ0n) is 11.2. The Hall–Kier alpha value is -0.560. The van der Waals surface area contributed by atoms with Crippen LogP contribution in [0, 0.1) is 0 Å². The lowest BCUT2D eigenvalue weighted by molar-refractivity contribution is 0.181. The van der Waals surface area contributed by atoms with Gasteiger partial charge in [0.25, 0.3) is 0 Å². The Bertz CT molecular complexity index is 514. The molecule has 1 atom stereocenters. The van der Waals surface area contributed by atoms with Crippen molar-refractivity contribution in [1.82, 2.24) is 8.87 Å². The third-order valence-corrected chi connectivity index (χ3v) is 5.68. The van der Waals surface area contributed by atoms with Crippen LogP contribution in [0.1, 0.15) is 19.0 Å². The van der Waals surface area contributed by atoms with Gasteiger partial charge in [-0.1, -0.05) is 0 Å². The summed E-state index contributed by atoms with van der Waals surface area (Å²) in [4.78, 5) is 0.305. The SMILES string of the molecule is CCn1cc(S(=O)(=O)N(C)C2CCOC2)cc1CCl. The van der Waals surface area contributed by atoms with E-state index in [0.717, 1.165) is 12.1 Å². The summed E-state index contributed by atoms with van der Waals surface area (Å²) in [6, 6.07) is 1.58. The Morgan fingerprint density at radius 3 is 2.79 bits per heavy atom. The molecule has 0 N–H and O–H groups in total. The van der Waals surface area contributed by atoms with E-state index in [0.29, 0.717) is 30.5 Å². The van der Waals surface area contributed by atoms with Crippen LogP contribution in [0.2, 0.25) is 0 Å². The third kappa shape index (κ3) is 2.81. The molecule has 2 heterocycles. The summed E-state index contributed by atoms with van der Waals surface area (Å²) in [5.74, 6) is 0.305. The van der Waals surface area contributed by atoms with Crippen molar-refractivity contribution in [1.29, 1.82) is 0 Å². The van der Waals surface area contributed by atoms with Gasteiger partial charge in [-0.15, -0.1) is 11.6 Å². The zero-order chi connectivity index (χ0) is 14.0. The molecule has 19 heavy (non-hydrogen) atoms. The van der Waals surface area contributed by atoms with Crippen molar-refractivity contribution in [2.24, 2.45) is 0 Å². The van der Waals surface area contributed by atoms with Crippen LogP contribution in [0.4, 0.5) is 0 Å². The number of ether oxygens (including phenoxy) is 1. The Morgan fingerprint density at radius 2 is 2.32 bits per heavy atom. The molecule has 0 radical (unpaired) electrons. The van der Waals surface area contributed by atoms with Gasteiger partial charge in [-0.25, -0.2) is 8.42 Å². The van der Waals surface area contributed by atoms with Gasteiger partial charge in [0, 0.05) is 32.1 Å². The highest BCUT2D eigenvalue weighted by Gasteiger charge is 2.31. The molecule has 0 saturated carbocycles. The fraction of sp³-hybridized carbons (Fsp3) is 0.667. The van der Waals surface area contributed by atoms with Gasteiger partial charge in [-0.2, -0.15) is 4.31 Å².